The number of anilines is 1. The van der Waals surface area contributed by atoms with Crippen molar-refractivity contribution in [2.24, 2.45) is 0 Å². The summed E-state index contributed by atoms with van der Waals surface area (Å²) in [5, 5.41) is 14.5. The van der Waals surface area contributed by atoms with E-state index in [-0.39, 0.29) is 18.6 Å². The maximum absolute atomic E-state index is 12.3. The average Bonchev–Trinajstić information content (AvgIpc) is 3.20. The molecule has 6 heteroatoms. The number of benzene rings is 1. The lowest BCUT2D eigenvalue weighted by Crippen LogP contribution is -2.36. The zero-order valence-corrected chi connectivity index (χ0v) is 13.8. The lowest BCUT2D eigenvalue weighted by Gasteiger charge is -2.28. The lowest BCUT2D eigenvalue weighted by molar-refractivity contribution is -0.118. The van der Waals surface area contributed by atoms with Gasteiger partial charge in [-0.25, -0.2) is 4.98 Å². The molecule has 0 saturated carbocycles. The highest BCUT2D eigenvalue weighted by molar-refractivity contribution is 7.13. The summed E-state index contributed by atoms with van der Waals surface area (Å²) < 4.78 is 0. The van der Waals surface area contributed by atoms with Gasteiger partial charge in [-0.3, -0.25) is 9.69 Å². The van der Waals surface area contributed by atoms with E-state index < -0.39 is 0 Å². The molecule has 2 aromatic rings. The Bertz CT molecular complexity index is 645. The minimum absolute atomic E-state index is 0.0535. The molecule has 1 aromatic carbocycles. The van der Waals surface area contributed by atoms with Crippen molar-refractivity contribution in [3.8, 4) is 0 Å². The van der Waals surface area contributed by atoms with Gasteiger partial charge in [0.2, 0.25) is 5.91 Å². The zero-order valence-electron chi connectivity index (χ0n) is 12.9. The highest BCUT2D eigenvalue weighted by atomic mass is 32.1. The highest BCUT2D eigenvalue weighted by Crippen LogP contribution is 2.35. The molecule has 1 aliphatic rings. The minimum atomic E-state index is -0.0535. The van der Waals surface area contributed by atoms with Crippen LogP contribution in [0, 0.1) is 0 Å². The van der Waals surface area contributed by atoms with Gasteiger partial charge in [-0.1, -0.05) is 24.3 Å². The van der Waals surface area contributed by atoms with Crippen LogP contribution in [0.2, 0.25) is 0 Å². The molecule has 0 bridgehead atoms. The average molecular weight is 331 g/mol. The van der Waals surface area contributed by atoms with Crippen LogP contribution in [0.1, 0.15) is 30.0 Å². The Morgan fingerprint density at radius 3 is 3.09 bits per heavy atom. The van der Waals surface area contributed by atoms with Crippen LogP contribution < -0.4 is 5.32 Å². The highest BCUT2D eigenvalue weighted by Gasteiger charge is 2.28. The number of aliphatic hydroxyl groups excluding tert-OH is 1. The number of amides is 1. The zero-order chi connectivity index (χ0) is 16.1. The Balaban J connectivity index is 1.69. The summed E-state index contributed by atoms with van der Waals surface area (Å²) in [7, 11) is 0. The van der Waals surface area contributed by atoms with Gasteiger partial charge in [-0.2, -0.15) is 0 Å². The largest absolute Gasteiger partial charge is 0.396 e. The number of nitrogens with zero attached hydrogens (tertiary/aromatic N) is 2. The Morgan fingerprint density at radius 2 is 2.30 bits per heavy atom. The Morgan fingerprint density at radius 1 is 1.43 bits per heavy atom. The molecule has 0 aliphatic heterocycles. The fourth-order valence-corrected chi connectivity index (χ4v) is 3.71. The fraction of sp³-hybridized carbons (Fsp3) is 0.412. The molecule has 0 spiro atoms. The second kappa shape index (κ2) is 7.68. The Labute approximate surface area is 140 Å². The monoisotopic (exact) mass is 331 g/mol. The molecule has 2 N–H and O–H groups in total. The molecule has 1 aromatic heterocycles. The van der Waals surface area contributed by atoms with E-state index in [0.29, 0.717) is 24.6 Å². The van der Waals surface area contributed by atoms with Gasteiger partial charge in [0.1, 0.15) is 0 Å². The van der Waals surface area contributed by atoms with Gasteiger partial charge >= 0.3 is 0 Å². The molecule has 1 aliphatic carbocycles. The third kappa shape index (κ3) is 3.96. The molecule has 1 heterocycles. The smallest absolute Gasteiger partial charge is 0.240 e. The third-order valence-corrected chi connectivity index (χ3v) is 4.86. The molecule has 1 unspecified atom stereocenters. The van der Waals surface area contributed by atoms with E-state index in [9.17, 15) is 4.79 Å². The van der Waals surface area contributed by atoms with Gasteiger partial charge < -0.3 is 10.4 Å². The molecule has 3 rings (SSSR count). The number of aryl methyl sites for hydroxylation is 1. The van der Waals surface area contributed by atoms with E-state index in [1.54, 1.807) is 6.20 Å². The number of hydrogen-bond donors (Lipinski definition) is 2. The number of thiazole rings is 1. The quantitative estimate of drug-likeness (QED) is 0.818. The standard InChI is InChI=1S/C17H21N3O2S/c21-10-3-9-20(12-16(22)19-17-18-8-11-23-17)15-7-6-13-4-1-2-5-14(13)15/h1-2,4-5,8,11,15,21H,3,6-7,9-10,12H2,(H,18,19,22). The van der Waals surface area contributed by atoms with Crippen molar-refractivity contribution in [1.29, 1.82) is 0 Å². The van der Waals surface area contributed by atoms with Gasteiger partial charge in [0.25, 0.3) is 0 Å². The maximum atomic E-state index is 12.3. The first-order valence-corrected chi connectivity index (χ1v) is 8.78. The SMILES string of the molecule is O=C(CN(CCCO)C1CCc2ccccc21)Nc1nccs1. The van der Waals surface area contributed by atoms with E-state index in [2.05, 4.69) is 39.5 Å². The number of carbonyl (C=O) groups is 1. The minimum Gasteiger partial charge on any atom is -0.396 e. The van der Waals surface area contributed by atoms with Crippen LogP contribution in [-0.4, -0.2) is 40.6 Å². The summed E-state index contributed by atoms with van der Waals surface area (Å²) in [5.74, 6) is -0.0535. The van der Waals surface area contributed by atoms with Crippen molar-refractivity contribution in [2.75, 3.05) is 25.0 Å². The van der Waals surface area contributed by atoms with Crippen molar-refractivity contribution in [2.45, 2.75) is 25.3 Å². The van der Waals surface area contributed by atoms with E-state index in [1.165, 1.54) is 22.5 Å². The van der Waals surface area contributed by atoms with E-state index in [1.807, 2.05) is 5.38 Å². The topological polar surface area (TPSA) is 65.5 Å². The second-order valence-corrected chi connectivity index (χ2v) is 6.58. The van der Waals surface area contributed by atoms with Crippen molar-refractivity contribution in [1.82, 2.24) is 9.88 Å². The normalized spacial score (nSPS) is 16.5. The molecule has 23 heavy (non-hydrogen) atoms. The number of rotatable bonds is 7. The number of aliphatic hydroxyl groups is 1. The van der Waals surface area contributed by atoms with Crippen LogP contribution in [-0.2, 0) is 11.2 Å². The van der Waals surface area contributed by atoms with Gasteiger partial charge in [0.15, 0.2) is 5.13 Å². The van der Waals surface area contributed by atoms with Crippen molar-refractivity contribution in [3.05, 3.63) is 47.0 Å². The van der Waals surface area contributed by atoms with E-state index in [0.717, 1.165) is 12.8 Å². The summed E-state index contributed by atoms with van der Waals surface area (Å²) in [5.41, 5.74) is 2.68. The van der Waals surface area contributed by atoms with E-state index in [4.69, 9.17) is 5.11 Å². The molecule has 122 valence electrons. The predicted molar refractivity (Wildman–Crippen MR) is 91.5 cm³/mol. The van der Waals surface area contributed by atoms with Crippen molar-refractivity contribution >= 4 is 22.4 Å². The van der Waals surface area contributed by atoms with Crippen LogP contribution in [0.15, 0.2) is 35.8 Å². The summed E-state index contributed by atoms with van der Waals surface area (Å²) in [6, 6.07) is 8.68. The van der Waals surface area contributed by atoms with Crippen LogP contribution in [0.5, 0.6) is 0 Å². The first kappa shape index (κ1) is 16.1. The molecule has 0 saturated heterocycles. The Kier molecular flexibility index (Phi) is 5.38. The molecule has 1 atom stereocenters. The summed E-state index contributed by atoms with van der Waals surface area (Å²) in [4.78, 5) is 18.6. The summed E-state index contributed by atoms with van der Waals surface area (Å²) in [6.07, 6.45) is 4.42. The predicted octanol–water partition coefficient (Wildman–Crippen LogP) is 2.45. The molecule has 0 radical (unpaired) electrons. The molecular formula is C17H21N3O2S. The van der Waals surface area contributed by atoms with Gasteiger partial charge in [0.05, 0.1) is 6.54 Å². The van der Waals surface area contributed by atoms with Gasteiger partial charge in [0, 0.05) is 30.8 Å². The molecule has 1 amide bonds. The van der Waals surface area contributed by atoms with Crippen LogP contribution >= 0.6 is 11.3 Å². The lowest BCUT2D eigenvalue weighted by atomic mass is 10.1. The first-order valence-electron chi connectivity index (χ1n) is 7.90. The first-order chi connectivity index (χ1) is 11.3. The number of nitrogens with one attached hydrogen (secondary N) is 1. The number of fused-ring (bicyclic) bond motifs is 1. The molecule has 5 nitrogen and oxygen atoms in total. The number of hydrogen-bond acceptors (Lipinski definition) is 5. The van der Waals surface area contributed by atoms with Crippen LogP contribution in [0.25, 0.3) is 0 Å². The van der Waals surface area contributed by atoms with Crippen molar-refractivity contribution < 1.29 is 9.90 Å². The summed E-state index contributed by atoms with van der Waals surface area (Å²) >= 11 is 1.42. The van der Waals surface area contributed by atoms with Gasteiger partial charge in [-0.05, 0) is 30.4 Å². The Hall–Kier alpha value is -1.76. The third-order valence-electron chi connectivity index (χ3n) is 4.17. The number of aromatic nitrogens is 1. The molecule has 0 fully saturated rings. The maximum Gasteiger partial charge on any atom is 0.240 e. The van der Waals surface area contributed by atoms with Crippen molar-refractivity contribution in [3.63, 3.8) is 0 Å². The number of carbonyl (C=O) groups excluding carboxylic acids is 1. The fourth-order valence-electron chi connectivity index (χ4n) is 3.16. The van der Waals surface area contributed by atoms with E-state index >= 15 is 0 Å². The second-order valence-electron chi connectivity index (χ2n) is 5.69. The molecular weight excluding hydrogens is 310 g/mol. The van der Waals surface area contributed by atoms with Crippen LogP contribution in [0.3, 0.4) is 0 Å². The van der Waals surface area contributed by atoms with Gasteiger partial charge in [-0.15, -0.1) is 11.3 Å². The summed E-state index contributed by atoms with van der Waals surface area (Å²) in [6.45, 7) is 1.17. The van der Waals surface area contributed by atoms with Crippen LogP contribution in [0.4, 0.5) is 5.13 Å².